The number of thiophene rings is 1. The Morgan fingerprint density at radius 2 is 2.00 bits per heavy atom. The molecule has 2 aromatic rings. The molecule has 0 aliphatic carbocycles. The summed E-state index contributed by atoms with van der Waals surface area (Å²) in [6.07, 6.45) is 3.01. The summed E-state index contributed by atoms with van der Waals surface area (Å²) >= 11 is 3.53. The van der Waals surface area contributed by atoms with Crippen molar-refractivity contribution in [1.29, 1.82) is 0 Å². The summed E-state index contributed by atoms with van der Waals surface area (Å²) in [6, 6.07) is 12.8. The fourth-order valence-electron chi connectivity index (χ4n) is 1.61. The molecule has 0 bridgehead atoms. The van der Waals surface area contributed by atoms with Crippen LogP contribution in [0.1, 0.15) is 16.5 Å². The molecule has 0 amide bonds. The van der Waals surface area contributed by atoms with Crippen LogP contribution in [0.15, 0.2) is 46.7 Å². The molecule has 16 heavy (non-hydrogen) atoms. The van der Waals surface area contributed by atoms with Crippen LogP contribution in [-0.4, -0.2) is 6.26 Å². The van der Waals surface area contributed by atoms with Crippen LogP contribution in [0.5, 0.6) is 0 Å². The molecule has 1 unspecified atom stereocenters. The SMILES string of the molecule is CSc1ccc(C(N)Cc2cccs2)cc1. The summed E-state index contributed by atoms with van der Waals surface area (Å²) in [7, 11) is 0. The minimum absolute atomic E-state index is 0.106. The summed E-state index contributed by atoms with van der Waals surface area (Å²) in [5, 5.41) is 2.10. The van der Waals surface area contributed by atoms with Crippen molar-refractivity contribution >= 4 is 23.1 Å². The van der Waals surface area contributed by atoms with E-state index in [1.54, 1.807) is 23.1 Å². The Morgan fingerprint density at radius 3 is 2.56 bits per heavy atom. The third kappa shape index (κ3) is 2.88. The lowest BCUT2D eigenvalue weighted by Crippen LogP contribution is -2.12. The van der Waals surface area contributed by atoms with Crippen LogP contribution in [0.2, 0.25) is 0 Å². The summed E-state index contributed by atoms with van der Waals surface area (Å²) in [6.45, 7) is 0. The zero-order chi connectivity index (χ0) is 11.4. The van der Waals surface area contributed by atoms with Crippen LogP contribution in [-0.2, 0) is 6.42 Å². The molecule has 3 heteroatoms. The number of hydrogen-bond acceptors (Lipinski definition) is 3. The number of benzene rings is 1. The first-order valence-electron chi connectivity index (χ1n) is 5.21. The Balaban J connectivity index is 2.05. The predicted octanol–water partition coefficient (Wildman–Crippen LogP) is 3.71. The van der Waals surface area contributed by atoms with Crippen LogP contribution < -0.4 is 5.73 Å². The highest BCUT2D eigenvalue weighted by Crippen LogP contribution is 2.22. The lowest BCUT2D eigenvalue weighted by Gasteiger charge is -2.11. The van der Waals surface area contributed by atoms with Gasteiger partial charge in [-0.2, -0.15) is 0 Å². The summed E-state index contributed by atoms with van der Waals surface area (Å²) in [5.74, 6) is 0. The van der Waals surface area contributed by atoms with Gasteiger partial charge in [0, 0.05) is 22.2 Å². The number of thioether (sulfide) groups is 1. The molecule has 1 atom stereocenters. The standard InChI is InChI=1S/C13H15NS2/c1-15-11-6-4-10(5-7-11)13(14)9-12-3-2-8-16-12/h2-8,13H,9,14H2,1H3. The van der Waals surface area contributed by atoms with Crippen molar-refractivity contribution in [3.63, 3.8) is 0 Å². The molecule has 1 heterocycles. The Morgan fingerprint density at radius 1 is 1.25 bits per heavy atom. The smallest absolute Gasteiger partial charge is 0.0343 e. The van der Waals surface area contributed by atoms with E-state index in [0.717, 1.165) is 6.42 Å². The zero-order valence-electron chi connectivity index (χ0n) is 9.22. The number of nitrogens with two attached hydrogens (primary N) is 1. The highest BCUT2D eigenvalue weighted by atomic mass is 32.2. The summed E-state index contributed by atoms with van der Waals surface area (Å²) < 4.78 is 0. The van der Waals surface area contributed by atoms with E-state index in [1.807, 2.05) is 0 Å². The minimum Gasteiger partial charge on any atom is -0.324 e. The Bertz CT molecular complexity index is 420. The molecule has 0 aliphatic heterocycles. The molecule has 0 aliphatic rings. The zero-order valence-corrected chi connectivity index (χ0v) is 10.9. The van der Waals surface area contributed by atoms with Gasteiger partial charge in [-0.1, -0.05) is 18.2 Å². The first-order valence-corrected chi connectivity index (χ1v) is 7.32. The predicted molar refractivity (Wildman–Crippen MR) is 73.2 cm³/mol. The highest BCUT2D eigenvalue weighted by molar-refractivity contribution is 7.98. The van der Waals surface area contributed by atoms with Gasteiger partial charge in [0.05, 0.1) is 0 Å². The fourth-order valence-corrected chi connectivity index (χ4v) is 2.79. The molecular formula is C13H15NS2. The van der Waals surface area contributed by atoms with Gasteiger partial charge < -0.3 is 5.73 Å². The molecule has 0 radical (unpaired) electrons. The van der Waals surface area contributed by atoms with E-state index in [4.69, 9.17) is 5.73 Å². The molecule has 84 valence electrons. The molecule has 0 spiro atoms. The van der Waals surface area contributed by atoms with Gasteiger partial charge >= 0.3 is 0 Å². The van der Waals surface area contributed by atoms with Crippen molar-refractivity contribution in [1.82, 2.24) is 0 Å². The normalized spacial score (nSPS) is 12.6. The van der Waals surface area contributed by atoms with E-state index < -0.39 is 0 Å². The van der Waals surface area contributed by atoms with Crippen LogP contribution in [0.3, 0.4) is 0 Å². The van der Waals surface area contributed by atoms with Gasteiger partial charge in [-0.25, -0.2) is 0 Å². The van der Waals surface area contributed by atoms with E-state index >= 15 is 0 Å². The lowest BCUT2D eigenvalue weighted by molar-refractivity contribution is 0.729. The molecule has 1 aromatic heterocycles. The molecule has 1 aromatic carbocycles. The molecular weight excluding hydrogens is 234 g/mol. The highest BCUT2D eigenvalue weighted by Gasteiger charge is 2.07. The second-order valence-corrected chi connectivity index (χ2v) is 5.58. The largest absolute Gasteiger partial charge is 0.324 e. The van der Waals surface area contributed by atoms with E-state index in [1.165, 1.54) is 15.3 Å². The molecule has 0 saturated carbocycles. The number of hydrogen-bond donors (Lipinski definition) is 1. The van der Waals surface area contributed by atoms with Gasteiger partial charge in [-0.3, -0.25) is 0 Å². The van der Waals surface area contributed by atoms with Crippen LogP contribution in [0.25, 0.3) is 0 Å². The average molecular weight is 249 g/mol. The van der Waals surface area contributed by atoms with Crippen molar-refractivity contribution in [3.8, 4) is 0 Å². The van der Waals surface area contributed by atoms with Gasteiger partial charge in [0.2, 0.25) is 0 Å². The van der Waals surface area contributed by atoms with Crippen molar-refractivity contribution in [3.05, 3.63) is 52.2 Å². The quantitative estimate of drug-likeness (QED) is 0.836. The Kier molecular flexibility index (Phi) is 4.04. The van der Waals surface area contributed by atoms with Crippen LogP contribution in [0.4, 0.5) is 0 Å². The third-order valence-corrected chi connectivity index (χ3v) is 4.19. The maximum atomic E-state index is 6.18. The third-order valence-electron chi connectivity index (χ3n) is 2.55. The summed E-state index contributed by atoms with van der Waals surface area (Å²) in [5.41, 5.74) is 7.39. The monoisotopic (exact) mass is 249 g/mol. The van der Waals surface area contributed by atoms with E-state index in [0.29, 0.717) is 0 Å². The van der Waals surface area contributed by atoms with E-state index in [9.17, 15) is 0 Å². The van der Waals surface area contributed by atoms with Crippen molar-refractivity contribution in [2.75, 3.05) is 6.26 Å². The van der Waals surface area contributed by atoms with E-state index in [-0.39, 0.29) is 6.04 Å². The first-order chi connectivity index (χ1) is 7.79. The second kappa shape index (κ2) is 5.53. The lowest BCUT2D eigenvalue weighted by atomic mass is 10.0. The molecule has 2 N–H and O–H groups in total. The Hall–Kier alpha value is -0.770. The molecule has 1 nitrogen and oxygen atoms in total. The second-order valence-electron chi connectivity index (χ2n) is 3.66. The van der Waals surface area contributed by atoms with Gasteiger partial charge in [0.15, 0.2) is 0 Å². The molecule has 0 fully saturated rings. The van der Waals surface area contributed by atoms with Crippen molar-refractivity contribution in [2.24, 2.45) is 5.73 Å². The van der Waals surface area contributed by atoms with Gasteiger partial charge in [-0.05, 0) is 35.4 Å². The van der Waals surface area contributed by atoms with Crippen LogP contribution in [0, 0.1) is 0 Å². The summed E-state index contributed by atoms with van der Waals surface area (Å²) in [4.78, 5) is 2.63. The average Bonchev–Trinajstić information content (AvgIpc) is 2.82. The maximum Gasteiger partial charge on any atom is 0.0343 e. The van der Waals surface area contributed by atoms with Crippen molar-refractivity contribution < 1.29 is 0 Å². The van der Waals surface area contributed by atoms with Crippen molar-refractivity contribution in [2.45, 2.75) is 17.4 Å². The topological polar surface area (TPSA) is 26.0 Å². The first kappa shape index (κ1) is 11.7. The van der Waals surface area contributed by atoms with Gasteiger partial charge in [0.1, 0.15) is 0 Å². The van der Waals surface area contributed by atoms with Gasteiger partial charge in [0.25, 0.3) is 0 Å². The number of rotatable bonds is 4. The molecule has 2 rings (SSSR count). The fraction of sp³-hybridized carbons (Fsp3) is 0.231. The molecule has 0 saturated heterocycles. The van der Waals surface area contributed by atoms with Crippen LogP contribution >= 0.6 is 23.1 Å². The van der Waals surface area contributed by atoms with E-state index in [2.05, 4.69) is 48.0 Å². The minimum atomic E-state index is 0.106. The maximum absolute atomic E-state index is 6.18. The Labute approximate surface area is 105 Å². The van der Waals surface area contributed by atoms with Gasteiger partial charge in [-0.15, -0.1) is 23.1 Å².